The number of hydrogen-bond acceptors (Lipinski definition) is 4. The molecule has 4 rings (SSSR count). The Morgan fingerprint density at radius 1 is 1.04 bits per heavy atom. The summed E-state index contributed by atoms with van der Waals surface area (Å²) in [6.45, 7) is 1.09. The summed E-state index contributed by atoms with van der Waals surface area (Å²) in [4.78, 5) is 18.9. The van der Waals surface area contributed by atoms with E-state index in [0.717, 1.165) is 11.1 Å². The van der Waals surface area contributed by atoms with E-state index >= 15 is 0 Å². The predicted octanol–water partition coefficient (Wildman–Crippen LogP) is 3.70. The maximum atomic E-state index is 13.8. The number of para-hydroxylation sites is 1. The first-order valence-electron chi connectivity index (χ1n) is 8.25. The van der Waals surface area contributed by atoms with E-state index in [1.165, 1.54) is 12.1 Å². The number of aromatic nitrogens is 1. The topological polar surface area (TPSA) is 71.2 Å². The van der Waals surface area contributed by atoms with Gasteiger partial charge >= 0.3 is 0 Å². The lowest BCUT2D eigenvalue weighted by Gasteiger charge is -2.16. The molecule has 0 radical (unpaired) electrons. The third-order valence-corrected chi connectivity index (χ3v) is 4.33. The molecule has 1 aliphatic heterocycles. The van der Waals surface area contributed by atoms with Gasteiger partial charge in [0.2, 0.25) is 0 Å². The van der Waals surface area contributed by atoms with Crippen molar-refractivity contribution in [3.05, 3.63) is 83.3 Å². The van der Waals surface area contributed by atoms with Gasteiger partial charge in [0.05, 0.1) is 5.69 Å². The van der Waals surface area contributed by atoms with Crippen molar-refractivity contribution in [3.8, 4) is 0 Å². The van der Waals surface area contributed by atoms with Crippen LogP contribution in [0, 0.1) is 5.82 Å². The molecule has 1 aromatic heterocycles. The van der Waals surface area contributed by atoms with Crippen molar-refractivity contribution in [3.63, 3.8) is 0 Å². The Kier molecular flexibility index (Phi) is 4.01. The van der Waals surface area contributed by atoms with Gasteiger partial charge in [0, 0.05) is 24.8 Å². The second kappa shape index (κ2) is 6.48. The van der Waals surface area contributed by atoms with Crippen molar-refractivity contribution < 1.29 is 9.18 Å². The minimum absolute atomic E-state index is 0.204. The number of rotatable bonds is 3. The number of nitrogens with two attached hydrogens (primary N) is 1. The normalized spacial score (nSPS) is 12.7. The van der Waals surface area contributed by atoms with Gasteiger partial charge in [-0.1, -0.05) is 36.4 Å². The maximum absolute atomic E-state index is 13.8. The summed E-state index contributed by atoms with van der Waals surface area (Å²) in [6, 6.07) is 17.3. The van der Waals surface area contributed by atoms with Crippen LogP contribution in [0.25, 0.3) is 0 Å². The van der Waals surface area contributed by atoms with Crippen LogP contribution in [0.1, 0.15) is 21.6 Å². The molecule has 2 aromatic carbocycles. The molecule has 0 saturated carbocycles. The molecule has 3 N–H and O–H groups in total. The summed E-state index contributed by atoms with van der Waals surface area (Å²) in [5.74, 6) is -0.278. The lowest BCUT2D eigenvalue weighted by molar-refractivity contribution is 0.0745. The van der Waals surface area contributed by atoms with E-state index < -0.39 is 5.82 Å². The van der Waals surface area contributed by atoms with Crippen LogP contribution in [-0.4, -0.2) is 15.8 Å². The summed E-state index contributed by atoms with van der Waals surface area (Å²) in [7, 11) is 0. The van der Waals surface area contributed by atoms with Crippen molar-refractivity contribution >= 4 is 23.1 Å². The zero-order valence-electron chi connectivity index (χ0n) is 13.9. The van der Waals surface area contributed by atoms with Crippen LogP contribution < -0.4 is 11.1 Å². The lowest BCUT2D eigenvalue weighted by Crippen LogP contribution is -2.26. The highest BCUT2D eigenvalue weighted by atomic mass is 19.1. The smallest absolute Gasteiger partial charge is 0.273 e. The van der Waals surface area contributed by atoms with E-state index in [0.29, 0.717) is 24.6 Å². The average Bonchev–Trinajstić information content (AvgIpc) is 3.07. The number of halogens is 1. The lowest BCUT2D eigenvalue weighted by atomic mass is 10.1. The Bertz CT molecular complexity index is 964. The highest BCUT2D eigenvalue weighted by Gasteiger charge is 2.25. The number of benzene rings is 2. The Morgan fingerprint density at radius 3 is 2.38 bits per heavy atom. The molecule has 1 amide bonds. The van der Waals surface area contributed by atoms with Crippen molar-refractivity contribution in [1.29, 1.82) is 0 Å². The van der Waals surface area contributed by atoms with E-state index in [1.54, 1.807) is 29.2 Å². The Morgan fingerprint density at radius 2 is 1.69 bits per heavy atom. The number of hydrogen-bond donors (Lipinski definition) is 2. The number of carbonyl (C=O) groups is 1. The van der Waals surface area contributed by atoms with Crippen LogP contribution in [0.3, 0.4) is 0 Å². The minimum atomic E-state index is -0.403. The number of fused-ring (bicyclic) bond motifs is 1. The number of nitrogens with zero attached hydrogens (tertiary/aromatic N) is 2. The summed E-state index contributed by atoms with van der Waals surface area (Å²) in [5.41, 5.74) is 9.09. The van der Waals surface area contributed by atoms with E-state index in [-0.39, 0.29) is 17.3 Å². The number of anilines is 3. The second-order valence-corrected chi connectivity index (χ2v) is 6.21. The van der Waals surface area contributed by atoms with Gasteiger partial charge in [-0.2, -0.15) is 0 Å². The third kappa shape index (κ3) is 3.09. The molecule has 1 aliphatic rings. The van der Waals surface area contributed by atoms with Crippen molar-refractivity contribution in [2.75, 3.05) is 11.1 Å². The van der Waals surface area contributed by atoms with Crippen molar-refractivity contribution in [2.45, 2.75) is 13.1 Å². The molecule has 0 bridgehead atoms. The fourth-order valence-corrected chi connectivity index (χ4v) is 3.06. The second-order valence-electron chi connectivity index (χ2n) is 6.21. The van der Waals surface area contributed by atoms with Gasteiger partial charge in [0.15, 0.2) is 0 Å². The van der Waals surface area contributed by atoms with Crippen LogP contribution in [0.2, 0.25) is 0 Å². The first-order valence-corrected chi connectivity index (χ1v) is 8.25. The Labute approximate surface area is 150 Å². The predicted molar refractivity (Wildman–Crippen MR) is 98.4 cm³/mol. The molecule has 5 nitrogen and oxygen atoms in total. The minimum Gasteiger partial charge on any atom is -0.399 e. The number of nitrogen functional groups attached to an aromatic ring is 1. The fraction of sp³-hybridized carbons (Fsp3) is 0.100. The average molecular weight is 348 g/mol. The summed E-state index contributed by atoms with van der Waals surface area (Å²) in [5, 5.41) is 2.88. The van der Waals surface area contributed by atoms with Crippen LogP contribution in [0.15, 0.2) is 60.7 Å². The molecule has 3 aromatic rings. The first-order chi connectivity index (χ1) is 12.6. The highest BCUT2D eigenvalue weighted by Crippen LogP contribution is 2.25. The SMILES string of the molecule is Nc1cc(Nc2ccccc2F)nc(C(=O)N2Cc3ccccc3C2)c1. The molecule has 26 heavy (non-hydrogen) atoms. The number of nitrogens with one attached hydrogen (secondary N) is 1. The Hall–Kier alpha value is -3.41. The van der Waals surface area contributed by atoms with Crippen LogP contribution in [0.4, 0.5) is 21.6 Å². The standard InChI is InChI=1S/C20H17FN4O/c21-16-7-3-4-8-17(16)23-19-10-15(22)9-18(24-19)20(26)25-11-13-5-1-2-6-14(13)12-25/h1-10H,11-12H2,(H3,22,23,24). The molecule has 0 saturated heterocycles. The van der Waals surface area contributed by atoms with Crippen molar-refractivity contribution in [1.82, 2.24) is 9.88 Å². The van der Waals surface area contributed by atoms with E-state index in [9.17, 15) is 9.18 Å². The van der Waals surface area contributed by atoms with Gasteiger partial charge in [-0.3, -0.25) is 4.79 Å². The van der Waals surface area contributed by atoms with E-state index in [4.69, 9.17) is 5.73 Å². The van der Waals surface area contributed by atoms with Gasteiger partial charge in [-0.15, -0.1) is 0 Å². The van der Waals surface area contributed by atoms with Gasteiger partial charge in [-0.25, -0.2) is 9.37 Å². The molecule has 0 aliphatic carbocycles. The molecule has 0 fully saturated rings. The van der Waals surface area contributed by atoms with Gasteiger partial charge < -0.3 is 16.0 Å². The quantitative estimate of drug-likeness (QED) is 0.757. The number of amides is 1. The largest absolute Gasteiger partial charge is 0.399 e. The zero-order chi connectivity index (χ0) is 18.1. The number of pyridine rings is 1. The van der Waals surface area contributed by atoms with Gasteiger partial charge in [-0.05, 0) is 29.3 Å². The molecular formula is C20H17FN4O. The van der Waals surface area contributed by atoms with Crippen molar-refractivity contribution in [2.24, 2.45) is 0 Å². The Balaban J connectivity index is 1.59. The van der Waals surface area contributed by atoms with Crippen LogP contribution in [0.5, 0.6) is 0 Å². The third-order valence-electron chi connectivity index (χ3n) is 4.33. The summed E-state index contributed by atoms with van der Waals surface area (Å²) >= 11 is 0. The number of carbonyl (C=O) groups excluding carboxylic acids is 1. The first kappa shape index (κ1) is 16.1. The molecule has 130 valence electrons. The monoisotopic (exact) mass is 348 g/mol. The van der Waals surface area contributed by atoms with Crippen LogP contribution in [-0.2, 0) is 13.1 Å². The van der Waals surface area contributed by atoms with E-state index in [2.05, 4.69) is 10.3 Å². The maximum Gasteiger partial charge on any atom is 0.273 e. The van der Waals surface area contributed by atoms with Gasteiger partial charge in [0.1, 0.15) is 17.3 Å². The molecular weight excluding hydrogens is 331 g/mol. The molecule has 0 spiro atoms. The summed E-state index contributed by atoms with van der Waals surface area (Å²) < 4.78 is 13.8. The highest BCUT2D eigenvalue weighted by molar-refractivity contribution is 5.94. The zero-order valence-corrected chi connectivity index (χ0v) is 13.9. The molecule has 6 heteroatoms. The van der Waals surface area contributed by atoms with Gasteiger partial charge in [0.25, 0.3) is 5.91 Å². The summed E-state index contributed by atoms with van der Waals surface area (Å²) in [6.07, 6.45) is 0. The van der Waals surface area contributed by atoms with E-state index in [1.807, 2.05) is 24.3 Å². The molecule has 0 unspecified atom stereocenters. The molecule has 2 heterocycles. The molecule has 0 atom stereocenters. The fourth-order valence-electron chi connectivity index (χ4n) is 3.06. The van der Waals surface area contributed by atoms with Crippen LogP contribution >= 0.6 is 0 Å².